The van der Waals surface area contributed by atoms with Gasteiger partial charge in [0.25, 0.3) is 0 Å². The Balaban J connectivity index is 2.78. The van der Waals surface area contributed by atoms with Crippen LogP contribution in [0.15, 0.2) is 18.2 Å². The summed E-state index contributed by atoms with van der Waals surface area (Å²) < 4.78 is 0. The van der Waals surface area contributed by atoms with Gasteiger partial charge in [-0.25, -0.2) is 0 Å². The number of ketones is 1. The molecule has 0 spiro atoms. The number of benzene rings is 1. The van der Waals surface area contributed by atoms with Crippen molar-refractivity contribution in [1.29, 1.82) is 0 Å². The maximum Gasteiger partial charge on any atom is 0.146 e. The van der Waals surface area contributed by atoms with Crippen molar-refractivity contribution in [2.45, 2.75) is 26.3 Å². The van der Waals surface area contributed by atoms with Crippen LogP contribution >= 0.6 is 11.6 Å². The van der Waals surface area contributed by atoms with Crippen molar-refractivity contribution in [2.75, 3.05) is 0 Å². The second-order valence-corrected chi connectivity index (χ2v) is 3.91. The molecular weight excluding hydrogens is 198 g/mol. The van der Waals surface area contributed by atoms with Gasteiger partial charge in [-0.1, -0.05) is 23.7 Å². The Morgan fingerprint density at radius 2 is 2.21 bits per heavy atom. The Morgan fingerprint density at radius 1 is 1.57 bits per heavy atom. The van der Waals surface area contributed by atoms with Crippen LogP contribution in [0.2, 0.25) is 5.02 Å². The molecule has 0 amide bonds. The number of carbonyl (C=O) groups is 1. The van der Waals surface area contributed by atoms with Gasteiger partial charge >= 0.3 is 0 Å². The number of nitrogens with two attached hydrogens (primary N) is 1. The lowest BCUT2D eigenvalue weighted by molar-refractivity contribution is -0.118. The summed E-state index contributed by atoms with van der Waals surface area (Å²) >= 11 is 5.88. The quantitative estimate of drug-likeness (QED) is 0.832. The topological polar surface area (TPSA) is 43.1 Å². The Labute approximate surface area is 89.1 Å². The highest BCUT2D eigenvalue weighted by molar-refractivity contribution is 6.31. The van der Waals surface area contributed by atoms with E-state index in [2.05, 4.69) is 0 Å². The molecule has 0 heterocycles. The standard InChI is InChI=1S/C11H14ClNO/c1-7-5-9(3-4-10(7)12)6-11(13)8(2)14/h3-5,11H,6,13H2,1-2H3/t11-/m1/s1. The van der Waals surface area contributed by atoms with Crippen molar-refractivity contribution in [3.63, 3.8) is 0 Å². The molecule has 0 saturated heterocycles. The van der Waals surface area contributed by atoms with Crippen molar-refractivity contribution < 1.29 is 4.79 Å². The van der Waals surface area contributed by atoms with Crippen molar-refractivity contribution in [3.05, 3.63) is 34.3 Å². The van der Waals surface area contributed by atoms with Gasteiger partial charge in [-0.3, -0.25) is 4.79 Å². The van der Waals surface area contributed by atoms with Gasteiger partial charge in [0.05, 0.1) is 6.04 Å². The van der Waals surface area contributed by atoms with Gasteiger partial charge in [-0.15, -0.1) is 0 Å². The fraction of sp³-hybridized carbons (Fsp3) is 0.364. The second-order valence-electron chi connectivity index (χ2n) is 3.50. The molecule has 14 heavy (non-hydrogen) atoms. The first-order chi connectivity index (χ1) is 6.50. The normalized spacial score (nSPS) is 12.6. The van der Waals surface area contributed by atoms with E-state index in [1.165, 1.54) is 6.92 Å². The number of halogens is 1. The highest BCUT2D eigenvalue weighted by Crippen LogP contribution is 2.17. The number of aryl methyl sites for hydroxylation is 1. The van der Waals surface area contributed by atoms with Crippen molar-refractivity contribution in [2.24, 2.45) is 5.73 Å². The predicted octanol–water partition coefficient (Wildman–Crippen LogP) is 2.11. The molecule has 76 valence electrons. The predicted molar refractivity (Wildman–Crippen MR) is 58.5 cm³/mol. The summed E-state index contributed by atoms with van der Waals surface area (Å²) in [6.07, 6.45) is 0.577. The fourth-order valence-corrected chi connectivity index (χ4v) is 1.35. The van der Waals surface area contributed by atoms with Gasteiger partial charge in [0.1, 0.15) is 5.78 Å². The lowest BCUT2D eigenvalue weighted by atomic mass is 10.0. The Hall–Kier alpha value is -0.860. The molecule has 0 unspecified atom stereocenters. The van der Waals surface area contributed by atoms with E-state index in [1.54, 1.807) is 0 Å². The van der Waals surface area contributed by atoms with E-state index in [4.69, 9.17) is 17.3 Å². The first-order valence-electron chi connectivity index (χ1n) is 4.51. The molecule has 1 atom stereocenters. The summed E-state index contributed by atoms with van der Waals surface area (Å²) in [4.78, 5) is 10.9. The van der Waals surface area contributed by atoms with Crippen LogP contribution < -0.4 is 5.73 Å². The van der Waals surface area contributed by atoms with Crippen LogP contribution in [0.5, 0.6) is 0 Å². The minimum absolute atomic E-state index is 0.0117. The average Bonchev–Trinajstić information content (AvgIpc) is 2.11. The molecule has 1 aromatic rings. The number of carbonyl (C=O) groups excluding carboxylic acids is 1. The molecule has 0 aromatic heterocycles. The first-order valence-corrected chi connectivity index (χ1v) is 4.89. The van der Waals surface area contributed by atoms with E-state index in [0.717, 1.165) is 16.1 Å². The second kappa shape index (κ2) is 4.58. The van der Waals surface area contributed by atoms with Gasteiger partial charge in [0.2, 0.25) is 0 Å². The minimum atomic E-state index is -0.407. The fourth-order valence-electron chi connectivity index (χ4n) is 1.23. The zero-order valence-electron chi connectivity index (χ0n) is 8.38. The van der Waals surface area contributed by atoms with Crippen LogP contribution in [0, 0.1) is 6.92 Å². The summed E-state index contributed by atoms with van der Waals surface area (Å²) in [6.45, 7) is 3.44. The zero-order valence-corrected chi connectivity index (χ0v) is 9.14. The molecule has 0 aliphatic carbocycles. The number of hydrogen-bond donors (Lipinski definition) is 1. The average molecular weight is 212 g/mol. The summed E-state index contributed by atoms with van der Waals surface area (Å²) in [6, 6.07) is 5.29. The third-order valence-electron chi connectivity index (χ3n) is 2.20. The molecule has 1 aromatic carbocycles. The molecule has 0 saturated carbocycles. The molecule has 0 radical (unpaired) electrons. The van der Waals surface area contributed by atoms with Crippen LogP contribution in [0.4, 0.5) is 0 Å². The third kappa shape index (κ3) is 2.82. The number of hydrogen-bond acceptors (Lipinski definition) is 2. The van der Waals surface area contributed by atoms with E-state index < -0.39 is 6.04 Å². The summed E-state index contributed by atoms with van der Waals surface area (Å²) in [5.41, 5.74) is 7.72. The maximum absolute atomic E-state index is 10.9. The van der Waals surface area contributed by atoms with Gasteiger partial charge in [0.15, 0.2) is 0 Å². The van der Waals surface area contributed by atoms with Crippen molar-refractivity contribution in [1.82, 2.24) is 0 Å². The lowest BCUT2D eigenvalue weighted by Crippen LogP contribution is -2.30. The molecule has 2 nitrogen and oxygen atoms in total. The summed E-state index contributed by atoms with van der Waals surface area (Å²) in [5.74, 6) is 0.0117. The molecule has 1 rings (SSSR count). The van der Waals surface area contributed by atoms with Crippen molar-refractivity contribution in [3.8, 4) is 0 Å². The molecule has 0 bridgehead atoms. The van der Waals surface area contributed by atoms with Crippen LogP contribution in [-0.4, -0.2) is 11.8 Å². The molecular formula is C11H14ClNO. The van der Waals surface area contributed by atoms with Gasteiger partial charge < -0.3 is 5.73 Å². The highest BCUT2D eigenvalue weighted by atomic mass is 35.5. The SMILES string of the molecule is CC(=O)[C@H](N)Cc1ccc(Cl)c(C)c1. The van der Waals surface area contributed by atoms with Gasteiger partial charge in [-0.2, -0.15) is 0 Å². The molecule has 2 N–H and O–H groups in total. The van der Waals surface area contributed by atoms with Crippen LogP contribution in [0.25, 0.3) is 0 Å². The van der Waals surface area contributed by atoms with Crippen molar-refractivity contribution >= 4 is 17.4 Å². The number of rotatable bonds is 3. The summed E-state index contributed by atoms with van der Waals surface area (Å²) in [7, 11) is 0. The van der Waals surface area contributed by atoms with E-state index in [-0.39, 0.29) is 5.78 Å². The summed E-state index contributed by atoms with van der Waals surface area (Å²) in [5, 5.41) is 0.741. The van der Waals surface area contributed by atoms with E-state index in [1.807, 2.05) is 25.1 Å². The largest absolute Gasteiger partial charge is 0.321 e. The first kappa shape index (κ1) is 11.2. The molecule has 0 aliphatic heterocycles. The van der Waals surface area contributed by atoms with E-state index in [9.17, 15) is 4.79 Å². The molecule has 0 fully saturated rings. The Morgan fingerprint density at radius 3 is 2.71 bits per heavy atom. The van der Waals surface area contributed by atoms with E-state index >= 15 is 0 Å². The van der Waals surface area contributed by atoms with Gasteiger partial charge in [-0.05, 0) is 37.5 Å². The van der Waals surface area contributed by atoms with Crippen LogP contribution in [-0.2, 0) is 11.2 Å². The number of Topliss-reactive ketones (excluding diaryl/α,β-unsaturated/α-hetero) is 1. The van der Waals surface area contributed by atoms with E-state index in [0.29, 0.717) is 6.42 Å². The highest BCUT2D eigenvalue weighted by Gasteiger charge is 2.09. The third-order valence-corrected chi connectivity index (χ3v) is 2.62. The molecule has 0 aliphatic rings. The lowest BCUT2D eigenvalue weighted by Gasteiger charge is -2.08. The maximum atomic E-state index is 10.9. The zero-order chi connectivity index (χ0) is 10.7. The van der Waals surface area contributed by atoms with Crippen LogP contribution in [0.1, 0.15) is 18.1 Å². The minimum Gasteiger partial charge on any atom is -0.321 e. The van der Waals surface area contributed by atoms with Crippen LogP contribution in [0.3, 0.4) is 0 Å². The monoisotopic (exact) mass is 211 g/mol. The Kier molecular flexibility index (Phi) is 3.67. The van der Waals surface area contributed by atoms with Gasteiger partial charge in [0, 0.05) is 5.02 Å². The smallest absolute Gasteiger partial charge is 0.146 e. The Bertz CT molecular complexity index is 349. The molecule has 3 heteroatoms.